The molecule has 0 spiro atoms. The number of nitrogens with zero attached hydrogens (tertiary/aromatic N) is 3. The fourth-order valence-electron chi connectivity index (χ4n) is 2.95. The molecular formula is C14H18N4O3. The molecule has 21 heavy (non-hydrogen) atoms. The van der Waals surface area contributed by atoms with Crippen molar-refractivity contribution in [2.24, 2.45) is 0 Å². The largest absolute Gasteiger partial charge is 0.447 e. The number of carbonyl (C=O) groups is 2. The molecule has 0 radical (unpaired) electrons. The Hall–Kier alpha value is -2.31. The highest BCUT2D eigenvalue weighted by atomic mass is 16.6. The van der Waals surface area contributed by atoms with E-state index in [1.54, 1.807) is 21.9 Å². The summed E-state index contributed by atoms with van der Waals surface area (Å²) in [5, 5.41) is 0. The summed E-state index contributed by atoms with van der Waals surface area (Å²) in [7, 11) is 0. The number of nitrogens with two attached hydrogens (primary N) is 1. The minimum Gasteiger partial charge on any atom is -0.447 e. The van der Waals surface area contributed by atoms with Crippen molar-refractivity contribution in [1.29, 1.82) is 0 Å². The lowest BCUT2D eigenvalue weighted by Crippen LogP contribution is -2.62. The summed E-state index contributed by atoms with van der Waals surface area (Å²) in [6, 6.07) is 3.28. The average Bonchev–Trinajstić information content (AvgIpc) is 2.85. The normalized spacial score (nSPS) is 24.7. The molecule has 7 heteroatoms. The highest BCUT2D eigenvalue weighted by molar-refractivity contribution is 5.94. The maximum Gasteiger partial charge on any atom is 0.410 e. The summed E-state index contributed by atoms with van der Waals surface area (Å²) in [6.07, 6.45) is 1.96. The first-order valence-corrected chi connectivity index (χ1v) is 7.01. The zero-order valence-electron chi connectivity index (χ0n) is 11.9. The molecular weight excluding hydrogens is 272 g/mol. The van der Waals surface area contributed by atoms with Gasteiger partial charge in [-0.2, -0.15) is 0 Å². The standard InChI is InChI=1S/C14H18N4O3/c1-2-14-8-17(5-6-18(14)13(20)21-9-14)12(19)10-3-4-11(15)16-7-10/h3-4,7H,2,5-6,8-9H2,1H3,(H2,15,16). The Bertz CT molecular complexity index is 574. The lowest BCUT2D eigenvalue weighted by atomic mass is 9.92. The van der Waals surface area contributed by atoms with Crippen molar-refractivity contribution in [3.8, 4) is 0 Å². The number of pyridine rings is 1. The quantitative estimate of drug-likeness (QED) is 0.867. The minimum atomic E-state index is -0.397. The highest BCUT2D eigenvalue weighted by Crippen LogP contribution is 2.32. The van der Waals surface area contributed by atoms with Crippen LogP contribution in [0.3, 0.4) is 0 Å². The van der Waals surface area contributed by atoms with E-state index < -0.39 is 5.54 Å². The summed E-state index contributed by atoms with van der Waals surface area (Å²) in [6.45, 7) is 3.83. The van der Waals surface area contributed by atoms with Crippen LogP contribution in [0.2, 0.25) is 0 Å². The number of hydrogen-bond donors (Lipinski definition) is 1. The molecule has 112 valence electrons. The van der Waals surface area contributed by atoms with Crippen LogP contribution in [-0.2, 0) is 4.74 Å². The summed E-state index contributed by atoms with van der Waals surface area (Å²) in [4.78, 5) is 31.7. The maximum atomic E-state index is 12.5. The Balaban J connectivity index is 1.80. The molecule has 2 fully saturated rings. The van der Waals surface area contributed by atoms with Gasteiger partial charge in [-0.25, -0.2) is 9.78 Å². The van der Waals surface area contributed by atoms with Gasteiger partial charge in [-0.1, -0.05) is 6.92 Å². The Morgan fingerprint density at radius 3 is 2.95 bits per heavy atom. The molecule has 0 aromatic carbocycles. The summed E-state index contributed by atoms with van der Waals surface area (Å²) in [5.41, 5.74) is 5.65. The van der Waals surface area contributed by atoms with Crippen molar-refractivity contribution >= 4 is 17.8 Å². The maximum absolute atomic E-state index is 12.5. The van der Waals surface area contributed by atoms with Crippen LogP contribution >= 0.6 is 0 Å². The van der Waals surface area contributed by atoms with Gasteiger partial charge in [0.2, 0.25) is 0 Å². The molecule has 0 bridgehead atoms. The van der Waals surface area contributed by atoms with Gasteiger partial charge in [-0.05, 0) is 18.6 Å². The third-order valence-electron chi connectivity index (χ3n) is 4.31. The Morgan fingerprint density at radius 2 is 2.29 bits per heavy atom. The molecule has 2 amide bonds. The smallest absolute Gasteiger partial charge is 0.410 e. The van der Waals surface area contributed by atoms with Gasteiger partial charge in [0.1, 0.15) is 12.4 Å². The average molecular weight is 290 g/mol. The summed E-state index contributed by atoms with van der Waals surface area (Å²) < 4.78 is 5.16. The second-order valence-corrected chi connectivity index (χ2v) is 5.48. The lowest BCUT2D eigenvalue weighted by molar-refractivity contribution is 0.0361. The fourth-order valence-corrected chi connectivity index (χ4v) is 2.95. The van der Waals surface area contributed by atoms with E-state index in [4.69, 9.17) is 10.5 Å². The molecule has 1 aromatic rings. The number of piperazine rings is 1. The second kappa shape index (κ2) is 4.91. The Kier molecular flexibility index (Phi) is 3.19. The number of nitrogen functional groups attached to an aromatic ring is 1. The number of rotatable bonds is 2. The molecule has 2 N–H and O–H groups in total. The third-order valence-corrected chi connectivity index (χ3v) is 4.31. The van der Waals surface area contributed by atoms with Crippen LogP contribution in [0, 0.1) is 0 Å². The van der Waals surface area contributed by atoms with E-state index in [-0.39, 0.29) is 12.0 Å². The number of carbonyl (C=O) groups excluding carboxylic acids is 2. The first-order valence-electron chi connectivity index (χ1n) is 7.01. The van der Waals surface area contributed by atoms with E-state index in [1.165, 1.54) is 6.20 Å². The van der Waals surface area contributed by atoms with E-state index in [1.807, 2.05) is 6.92 Å². The van der Waals surface area contributed by atoms with Crippen molar-refractivity contribution < 1.29 is 14.3 Å². The van der Waals surface area contributed by atoms with Crippen LogP contribution in [0.25, 0.3) is 0 Å². The van der Waals surface area contributed by atoms with E-state index >= 15 is 0 Å². The van der Waals surface area contributed by atoms with Gasteiger partial charge < -0.3 is 15.4 Å². The molecule has 0 aliphatic carbocycles. The Morgan fingerprint density at radius 1 is 1.48 bits per heavy atom. The van der Waals surface area contributed by atoms with Crippen LogP contribution in [0.15, 0.2) is 18.3 Å². The van der Waals surface area contributed by atoms with Crippen molar-refractivity contribution in [3.63, 3.8) is 0 Å². The molecule has 2 aliphatic heterocycles. The summed E-state index contributed by atoms with van der Waals surface area (Å²) in [5.74, 6) is 0.297. The van der Waals surface area contributed by atoms with Crippen molar-refractivity contribution in [3.05, 3.63) is 23.9 Å². The van der Waals surface area contributed by atoms with Gasteiger partial charge in [0.15, 0.2) is 0 Å². The number of cyclic esters (lactones) is 1. The number of anilines is 1. The van der Waals surface area contributed by atoms with E-state index in [9.17, 15) is 9.59 Å². The van der Waals surface area contributed by atoms with Crippen LogP contribution < -0.4 is 5.73 Å². The highest BCUT2D eigenvalue weighted by Gasteiger charge is 2.50. The van der Waals surface area contributed by atoms with E-state index in [0.29, 0.717) is 37.6 Å². The van der Waals surface area contributed by atoms with Crippen LogP contribution in [0.4, 0.5) is 10.6 Å². The lowest BCUT2D eigenvalue weighted by Gasteiger charge is -2.44. The zero-order valence-corrected chi connectivity index (χ0v) is 11.9. The number of fused-ring (bicyclic) bond motifs is 1. The van der Waals surface area contributed by atoms with Gasteiger partial charge in [0, 0.05) is 25.8 Å². The zero-order chi connectivity index (χ0) is 15.0. The van der Waals surface area contributed by atoms with Crippen molar-refractivity contribution in [2.45, 2.75) is 18.9 Å². The molecule has 2 aliphatic rings. The number of hydrogen-bond acceptors (Lipinski definition) is 5. The first kappa shape index (κ1) is 13.7. The predicted molar refractivity (Wildman–Crippen MR) is 75.6 cm³/mol. The third kappa shape index (κ3) is 2.18. The first-order chi connectivity index (χ1) is 10.1. The molecule has 3 heterocycles. The van der Waals surface area contributed by atoms with Gasteiger partial charge in [-0.3, -0.25) is 9.69 Å². The van der Waals surface area contributed by atoms with Gasteiger partial charge >= 0.3 is 6.09 Å². The second-order valence-electron chi connectivity index (χ2n) is 5.48. The van der Waals surface area contributed by atoms with E-state index in [0.717, 1.165) is 6.42 Å². The monoisotopic (exact) mass is 290 g/mol. The van der Waals surface area contributed by atoms with Crippen LogP contribution in [0.1, 0.15) is 23.7 Å². The number of amides is 2. The molecule has 7 nitrogen and oxygen atoms in total. The van der Waals surface area contributed by atoms with E-state index in [2.05, 4.69) is 4.98 Å². The van der Waals surface area contributed by atoms with Gasteiger partial charge in [0.25, 0.3) is 5.91 Å². The molecule has 3 rings (SSSR count). The van der Waals surface area contributed by atoms with Crippen LogP contribution in [-0.4, -0.2) is 58.6 Å². The van der Waals surface area contributed by atoms with Crippen molar-refractivity contribution in [2.75, 3.05) is 32.0 Å². The number of ether oxygens (including phenoxy) is 1. The molecule has 1 aromatic heterocycles. The molecule has 0 saturated carbocycles. The fraction of sp³-hybridized carbons (Fsp3) is 0.500. The molecule has 2 saturated heterocycles. The van der Waals surface area contributed by atoms with Gasteiger partial charge in [-0.15, -0.1) is 0 Å². The molecule has 1 unspecified atom stereocenters. The van der Waals surface area contributed by atoms with Crippen LogP contribution in [0.5, 0.6) is 0 Å². The number of aromatic nitrogens is 1. The topological polar surface area (TPSA) is 88.8 Å². The minimum absolute atomic E-state index is 0.0886. The molecule has 1 atom stereocenters. The van der Waals surface area contributed by atoms with Gasteiger partial charge in [0.05, 0.1) is 11.1 Å². The Labute approximate surface area is 122 Å². The predicted octanol–water partition coefficient (Wildman–Crippen LogP) is 0.721. The van der Waals surface area contributed by atoms with Crippen molar-refractivity contribution in [1.82, 2.24) is 14.8 Å². The summed E-state index contributed by atoms with van der Waals surface area (Å²) >= 11 is 0. The SMILES string of the molecule is CCC12COC(=O)N1CCN(C(=O)c1ccc(N)nc1)C2.